The van der Waals surface area contributed by atoms with Gasteiger partial charge in [0.2, 0.25) is 0 Å². The monoisotopic (exact) mass is 570 g/mol. The van der Waals surface area contributed by atoms with Crippen LogP contribution in [0.2, 0.25) is 0 Å². The fourth-order valence-electron chi connectivity index (χ4n) is 2.48. The number of hydrogen-bond donors (Lipinski definition) is 2. The van der Waals surface area contributed by atoms with Gasteiger partial charge in [0.05, 0.1) is 11.4 Å². The maximum Gasteiger partial charge on any atom is 0.181 e. The largest absolute Gasteiger partial charge is 0.375 e. The van der Waals surface area contributed by atoms with E-state index in [1.807, 2.05) is 48.5 Å². The molecule has 2 aromatic heterocycles. The average Bonchev–Trinajstić information content (AvgIpc) is 3.23. The minimum absolute atomic E-state index is 0.545. The fraction of sp³-hybridized carbons (Fsp3) is 0. The predicted octanol–water partition coefficient (Wildman–Crippen LogP) is 7.42. The molecule has 4 nitrogen and oxygen atoms in total. The Morgan fingerprint density at radius 3 is 1.46 bits per heavy atom. The van der Waals surface area contributed by atoms with Gasteiger partial charge in [0.25, 0.3) is 0 Å². The van der Waals surface area contributed by atoms with Crippen LogP contribution < -0.4 is 11.5 Å². The van der Waals surface area contributed by atoms with Crippen molar-refractivity contribution in [1.29, 1.82) is 0 Å². The Balaban J connectivity index is 1.66. The molecule has 0 unspecified atom stereocenters. The lowest BCUT2D eigenvalue weighted by molar-refractivity contribution is 1.36. The van der Waals surface area contributed by atoms with Crippen LogP contribution in [-0.4, -0.2) is 9.97 Å². The van der Waals surface area contributed by atoms with E-state index in [-0.39, 0.29) is 0 Å². The van der Waals surface area contributed by atoms with Crippen LogP contribution in [0.25, 0.3) is 22.5 Å². The molecule has 28 heavy (non-hydrogen) atoms. The molecule has 0 atom stereocenters. The van der Waals surface area contributed by atoms with E-state index in [1.54, 1.807) is 21.6 Å². The maximum atomic E-state index is 6.01. The molecule has 0 aliphatic carbocycles. The van der Waals surface area contributed by atoms with Crippen LogP contribution >= 0.6 is 76.1 Å². The van der Waals surface area contributed by atoms with Crippen molar-refractivity contribution in [2.75, 3.05) is 11.5 Å². The second-order valence-corrected chi connectivity index (χ2v) is 11.9. The van der Waals surface area contributed by atoms with Gasteiger partial charge < -0.3 is 11.5 Å². The zero-order valence-corrected chi connectivity index (χ0v) is 20.5. The number of anilines is 2. The summed E-state index contributed by atoms with van der Waals surface area (Å²) < 4.78 is 4.06. The van der Waals surface area contributed by atoms with Gasteiger partial charge in [-0.05, 0) is 33.7 Å². The molecule has 0 fully saturated rings. The van der Waals surface area contributed by atoms with Gasteiger partial charge in [0.15, 0.2) is 10.3 Å². The average molecular weight is 572 g/mol. The summed E-state index contributed by atoms with van der Waals surface area (Å²) in [7, 11) is 3.25. The van der Waals surface area contributed by atoms with Crippen LogP contribution in [0.4, 0.5) is 10.3 Å². The Kier molecular flexibility index (Phi) is 6.34. The molecule has 0 aliphatic rings. The van der Waals surface area contributed by atoms with Gasteiger partial charge in [0.1, 0.15) is 8.42 Å². The molecule has 2 heterocycles. The van der Waals surface area contributed by atoms with Crippen LogP contribution in [-0.2, 0) is 0 Å². The SMILES string of the molecule is Nc1nc(-c2ccccc2Br)c(SSc2sc(N)nc2-c2ccccc2Br)s1. The van der Waals surface area contributed by atoms with Crippen molar-refractivity contribution >= 4 is 86.4 Å². The summed E-state index contributed by atoms with van der Waals surface area (Å²) in [6, 6.07) is 16.0. The molecule has 4 rings (SSSR count). The Morgan fingerprint density at radius 2 is 1.07 bits per heavy atom. The van der Waals surface area contributed by atoms with Crippen molar-refractivity contribution in [2.24, 2.45) is 0 Å². The zero-order valence-electron chi connectivity index (χ0n) is 14.1. The molecule has 0 amide bonds. The van der Waals surface area contributed by atoms with E-state index in [2.05, 4.69) is 41.8 Å². The maximum absolute atomic E-state index is 6.01. The van der Waals surface area contributed by atoms with E-state index >= 15 is 0 Å². The highest BCUT2D eigenvalue weighted by molar-refractivity contribution is 9.11. The predicted molar refractivity (Wildman–Crippen MR) is 131 cm³/mol. The molecule has 0 aliphatic heterocycles. The summed E-state index contributed by atoms with van der Waals surface area (Å²) in [5.41, 5.74) is 15.8. The number of rotatable bonds is 5. The first-order valence-electron chi connectivity index (χ1n) is 7.90. The molecule has 0 saturated carbocycles. The highest BCUT2D eigenvalue weighted by Gasteiger charge is 2.19. The molecule has 0 saturated heterocycles. The number of nitrogens with two attached hydrogens (primary N) is 2. The van der Waals surface area contributed by atoms with Crippen molar-refractivity contribution in [1.82, 2.24) is 9.97 Å². The Hall–Kier alpha value is -1.04. The van der Waals surface area contributed by atoms with Gasteiger partial charge in [-0.2, -0.15) is 0 Å². The van der Waals surface area contributed by atoms with Crippen molar-refractivity contribution in [2.45, 2.75) is 8.42 Å². The summed E-state index contributed by atoms with van der Waals surface area (Å²) in [5, 5.41) is 1.09. The number of aromatic nitrogens is 2. The van der Waals surface area contributed by atoms with Crippen LogP contribution in [0.5, 0.6) is 0 Å². The third-order valence-corrected chi connectivity index (χ3v) is 10.1. The van der Waals surface area contributed by atoms with Crippen LogP contribution in [0.15, 0.2) is 65.9 Å². The van der Waals surface area contributed by atoms with Crippen molar-refractivity contribution in [3.05, 3.63) is 57.5 Å². The Bertz CT molecular complexity index is 1050. The highest BCUT2D eigenvalue weighted by Crippen LogP contribution is 2.51. The molecular weight excluding hydrogens is 560 g/mol. The van der Waals surface area contributed by atoms with Crippen molar-refractivity contribution in [3.63, 3.8) is 0 Å². The molecule has 4 N–H and O–H groups in total. The molecule has 2 aromatic carbocycles. The third-order valence-electron chi connectivity index (χ3n) is 3.68. The number of hydrogen-bond acceptors (Lipinski definition) is 8. The van der Waals surface area contributed by atoms with Gasteiger partial charge in [-0.15, -0.1) is 0 Å². The molecular formula is C18H12Br2N4S4. The van der Waals surface area contributed by atoms with Gasteiger partial charge in [-0.25, -0.2) is 9.97 Å². The number of halogens is 2. The number of nitrogen functional groups attached to an aromatic ring is 2. The molecule has 0 spiro atoms. The van der Waals surface area contributed by atoms with Gasteiger partial charge in [-0.1, -0.05) is 90.9 Å². The lowest BCUT2D eigenvalue weighted by atomic mass is 10.2. The Labute approximate surface area is 194 Å². The topological polar surface area (TPSA) is 77.8 Å². The first-order chi connectivity index (χ1) is 13.5. The smallest absolute Gasteiger partial charge is 0.181 e. The van der Waals surface area contributed by atoms with E-state index in [4.69, 9.17) is 11.5 Å². The first-order valence-corrected chi connectivity index (χ1v) is 13.3. The summed E-state index contributed by atoms with van der Waals surface area (Å²) in [4.78, 5) is 9.08. The zero-order chi connectivity index (χ0) is 19.7. The molecule has 142 valence electrons. The van der Waals surface area contributed by atoms with E-state index < -0.39 is 0 Å². The number of benzene rings is 2. The Morgan fingerprint density at radius 1 is 0.679 bits per heavy atom. The second kappa shape index (κ2) is 8.76. The molecule has 10 heteroatoms. The third kappa shape index (κ3) is 4.27. The van der Waals surface area contributed by atoms with Crippen molar-refractivity contribution in [3.8, 4) is 22.5 Å². The normalized spacial score (nSPS) is 11.1. The lowest BCUT2D eigenvalue weighted by Gasteiger charge is -2.05. The van der Waals surface area contributed by atoms with E-state index in [1.165, 1.54) is 22.7 Å². The van der Waals surface area contributed by atoms with Crippen LogP contribution in [0.1, 0.15) is 0 Å². The van der Waals surface area contributed by atoms with Crippen LogP contribution in [0, 0.1) is 0 Å². The van der Waals surface area contributed by atoms with Crippen molar-refractivity contribution < 1.29 is 0 Å². The standard InChI is InChI=1S/C18H12Br2N4S4/c19-11-7-3-1-5-9(11)13-15(25-17(21)23-13)27-28-16-14(24-18(22)26-16)10-6-2-4-8-12(10)20/h1-8H,(H2,21,23)(H2,22,24). The summed E-state index contributed by atoms with van der Waals surface area (Å²) in [5.74, 6) is 0. The quantitative estimate of drug-likeness (QED) is 0.243. The summed E-state index contributed by atoms with van der Waals surface area (Å²) in [6.45, 7) is 0. The molecule has 4 aromatic rings. The van der Waals surface area contributed by atoms with Gasteiger partial charge in [0, 0.05) is 20.1 Å². The highest BCUT2D eigenvalue weighted by atomic mass is 79.9. The first kappa shape index (κ1) is 20.2. The molecule has 0 radical (unpaired) electrons. The molecule has 0 bridgehead atoms. The lowest BCUT2D eigenvalue weighted by Crippen LogP contribution is -1.85. The number of thiazole rings is 2. The fourth-order valence-corrected chi connectivity index (χ4v) is 8.14. The van der Waals surface area contributed by atoms with E-state index in [9.17, 15) is 0 Å². The summed E-state index contributed by atoms with van der Waals surface area (Å²) in [6.07, 6.45) is 0. The van der Waals surface area contributed by atoms with Gasteiger partial charge in [-0.3, -0.25) is 0 Å². The number of nitrogens with zero attached hydrogens (tertiary/aromatic N) is 2. The summed E-state index contributed by atoms with van der Waals surface area (Å²) >= 11 is 10.2. The minimum atomic E-state index is 0.545. The minimum Gasteiger partial charge on any atom is -0.375 e. The van der Waals surface area contributed by atoms with E-state index in [0.29, 0.717) is 10.3 Å². The van der Waals surface area contributed by atoms with E-state index in [0.717, 1.165) is 39.9 Å². The van der Waals surface area contributed by atoms with Gasteiger partial charge >= 0.3 is 0 Å². The van der Waals surface area contributed by atoms with Crippen LogP contribution in [0.3, 0.4) is 0 Å². The second-order valence-electron chi connectivity index (χ2n) is 5.50.